The van der Waals surface area contributed by atoms with Crippen LogP contribution in [0.1, 0.15) is 253 Å². The van der Waals surface area contributed by atoms with Gasteiger partial charge in [0.2, 0.25) is 0 Å². The molecule has 0 aromatic heterocycles. The van der Waals surface area contributed by atoms with Crippen molar-refractivity contribution in [3.05, 3.63) is 24.3 Å². The molecule has 0 spiro atoms. The Hall–Kier alpha value is -3.45. The summed E-state index contributed by atoms with van der Waals surface area (Å²) in [6.07, 6.45) is 20.3. The smallest absolute Gasteiger partial charge is 0.407 e. The first kappa shape index (κ1) is 69.4. The monoisotopic (exact) mass is 1210 g/mol. The minimum Gasteiger partial charge on any atom is -0.481 e. The molecule has 10 rings (SSSR count). The van der Waals surface area contributed by atoms with Crippen LogP contribution in [0, 0.1) is 113 Å². The topological polar surface area (TPSA) is 206 Å². The second kappa shape index (κ2) is 23.9. The van der Waals surface area contributed by atoms with Gasteiger partial charge in [-0.05, 0) is 274 Å². The standard InChI is InChI=1S/C37H62N2O4.C30H46O3.C7H16N2O2/c1-23(2)24-13-18-37(30(40)41)20-19-35(9)25(29(24)37)11-12-27-34(8)16-15-28(33(6,7)26(34)14-17-36(27,35)10)38-21-22-39-31(42)43-32(3,4)5;1-18(2)19-10-15-30(25(32)33)17-16-28(6)20(24(19)30)8-9-22-27(5)13-12-23(31)26(3,4)21(27)11-14-29(22,28)7;1-7(2,3)11-6(10)9-5-4-8/h24-29,38H,1,11-22H2,2-10H3,(H,39,42)(H,40,41);19-22,24H,1,8-17H2,2-7H3,(H,32,33);4-5,8H2,1-3H3,(H,9,10)/t24-,25+,26-,27+,28?,29+,34-,35+,36+,37-;19-,20+,21-,22+,24+,27-,28+,29+,30-;/m00./s1. The predicted molar refractivity (Wildman–Crippen MR) is 348 cm³/mol. The number of alkyl carbamates (subject to hydrolysis) is 2. The van der Waals surface area contributed by atoms with E-state index in [2.05, 4.69) is 112 Å². The molecule has 0 bridgehead atoms. The Bertz CT molecular complexity index is 2640. The normalized spacial score (nSPS) is 43.7. The van der Waals surface area contributed by atoms with E-state index in [4.69, 9.17) is 15.2 Å². The van der Waals surface area contributed by atoms with Gasteiger partial charge in [-0.15, -0.1) is 0 Å². The third-order valence-electron chi connectivity index (χ3n) is 28.8. The molecular formula is C74H124N4O9. The predicted octanol–water partition coefficient (Wildman–Crippen LogP) is 16.0. The van der Waals surface area contributed by atoms with Crippen molar-refractivity contribution in [1.29, 1.82) is 0 Å². The molecule has 10 aliphatic rings. The molecule has 0 radical (unpaired) electrons. The van der Waals surface area contributed by atoms with E-state index in [0.29, 0.717) is 78.8 Å². The van der Waals surface area contributed by atoms with Gasteiger partial charge in [-0.1, -0.05) is 93.5 Å². The number of hydrogen-bond donors (Lipinski definition) is 6. The summed E-state index contributed by atoms with van der Waals surface area (Å²) < 4.78 is 10.3. The highest BCUT2D eigenvalue weighted by molar-refractivity contribution is 5.85. The van der Waals surface area contributed by atoms with Gasteiger partial charge in [0.25, 0.3) is 0 Å². The molecule has 19 atom stereocenters. The van der Waals surface area contributed by atoms with Crippen LogP contribution in [0.3, 0.4) is 0 Å². The lowest BCUT2D eigenvalue weighted by Crippen LogP contribution is -2.68. The Labute approximate surface area is 527 Å². The number of nitrogens with one attached hydrogen (secondary N) is 3. The number of amides is 2. The average molecular weight is 1210 g/mol. The zero-order chi connectivity index (χ0) is 64.9. The van der Waals surface area contributed by atoms with Crippen LogP contribution in [0.4, 0.5) is 9.59 Å². The number of carbonyl (C=O) groups is 5. The number of rotatable bonds is 10. The van der Waals surface area contributed by atoms with Crippen LogP contribution in [0.5, 0.6) is 0 Å². The van der Waals surface area contributed by atoms with Crippen LogP contribution in [-0.2, 0) is 23.9 Å². The molecule has 0 saturated heterocycles. The molecular weight excluding hydrogens is 1090 g/mol. The summed E-state index contributed by atoms with van der Waals surface area (Å²) in [5.41, 5.74) is 6.75. The first-order valence-corrected chi connectivity index (χ1v) is 34.7. The van der Waals surface area contributed by atoms with Crippen LogP contribution in [0.25, 0.3) is 0 Å². The number of allylic oxidation sites excluding steroid dienone is 2. The van der Waals surface area contributed by atoms with Crippen molar-refractivity contribution in [3.8, 4) is 0 Å². The number of ether oxygens (including phenoxy) is 2. The van der Waals surface area contributed by atoms with Crippen molar-refractivity contribution in [2.75, 3.05) is 26.2 Å². The van der Waals surface area contributed by atoms with Crippen LogP contribution >= 0.6 is 0 Å². The summed E-state index contributed by atoms with van der Waals surface area (Å²) in [5.74, 6) is 3.87. The van der Waals surface area contributed by atoms with E-state index in [1.54, 1.807) is 0 Å². The van der Waals surface area contributed by atoms with Crippen LogP contribution in [0.15, 0.2) is 24.3 Å². The van der Waals surface area contributed by atoms with Crippen molar-refractivity contribution < 1.29 is 43.7 Å². The molecule has 494 valence electrons. The molecule has 0 aromatic carbocycles. The lowest BCUT2D eigenvalue weighted by molar-refractivity contribution is -0.240. The average Bonchev–Trinajstić information content (AvgIpc) is 1.44. The number of carboxylic acids is 2. The van der Waals surface area contributed by atoms with E-state index in [1.807, 2.05) is 41.5 Å². The van der Waals surface area contributed by atoms with Crippen LogP contribution < -0.4 is 21.7 Å². The number of carbonyl (C=O) groups excluding carboxylic acids is 3. The number of carboxylic acid groups (broad SMARTS) is 2. The Morgan fingerprint density at radius 3 is 1.36 bits per heavy atom. The molecule has 10 aliphatic carbocycles. The Kier molecular flexibility index (Phi) is 19.1. The Morgan fingerprint density at radius 2 is 0.943 bits per heavy atom. The SMILES string of the molecule is C=C(C)[C@@H]1CC[C@]2(C(=O)O)CC[C@]3(C)[C@H](CC[C@@H]4[C@@]5(C)CCC(=O)C(C)(C)[C@@H]5CC[C@]43C)[C@@H]12.C=C(C)[C@@H]1CC[C@]2(C(=O)O)CC[C@]3(C)[C@H](CC[C@@H]4[C@@]5(C)CCC(NCCNC(=O)OC(C)(C)C)C(C)(C)[C@@H]5CC[C@]43C)[C@@H]12.CC(C)(C)OC(=O)NCCN. The van der Waals surface area contributed by atoms with Crippen LogP contribution in [-0.4, -0.2) is 83.5 Å². The minimum atomic E-state index is -0.553. The fraction of sp³-hybridized carbons (Fsp3) is 0.878. The number of fused-ring (bicyclic) bond motifs is 14. The second-order valence-corrected chi connectivity index (χ2v) is 35.5. The maximum Gasteiger partial charge on any atom is 0.407 e. The Morgan fingerprint density at radius 1 is 0.517 bits per heavy atom. The third kappa shape index (κ3) is 11.5. The molecule has 7 N–H and O–H groups in total. The first-order valence-electron chi connectivity index (χ1n) is 34.7. The van der Waals surface area contributed by atoms with Crippen LogP contribution in [0.2, 0.25) is 0 Å². The van der Waals surface area contributed by atoms with Crippen molar-refractivity contribution >= 4 is 29.9 Å². The van der Waals surface area contributed by atoms with Crippen molar-refractivity contribution in [2.24, 2.45) is 119 Å². The van der Waals surface area contributed by atoms with Crippen molar-refractivity contribution in [3.63, 3.8) is 0 Å². The summed E-state index contributed by atoms with van der Waals surface area (Å²) in [7, 11) is 0. The van der Waals surface area contributed by atoms with Crippen molar-refractivity contribution in [2.45, 2.75) is 270 Å². The summed E-state index contributed by atoms with van der Waals surface area (Å²) in [5, 5.41) is 30.4. The molecule has 13 heteroatoms. The molecule has 13 nitrogen and oxygen atoms in total. The molecule has 2 amide bonds. The van der Waals surface area contributed by atoms with Gasteiger partial charge in [0, 0.05) is 44.1 Å². The molecule has 87 heavy (non-hydrogen) atoms. The summed E-state index contributed by atoms with van der Waals surface area (Å²) in [6, 6.07) is 0.419. The highest BCUT2D eigenvalue weighted by Gasteiger charge is 2.74. The molecule has 0 aromatic rings. The minimum absolute atomic E-state index is 0.152. The molecule has 10 saturated carbocycles. The van der Waals surface area contributed by atoms with E-state index >= 15 is 0 Å². The highest BCUT2D eigenvalue weighted by atomic mass is 16.6. The van der Waals surface area contributed by atoms with E-state index in [9.17, 15) is 34.2 Å². The highest BCUT2D eigenvalue weighted by Crippen LogP contribution is 2.80. The summed E-state index contributed by atoms with van der Waals surface area (Å²) >= 11 is 0. The Balaban J connectivity index is 0.000000197. The summed E-state index contributed by atoms with van der Waals surface area (Å²) in [4.78, 5) is 61.5. The van der Waals surface area contributed by atoms with Gasteiger partial charge in [-0.25, -0.2) is 9.59 Å². The number of hydrogen-bond acceptors (Lipinski definition) is 9. The van der Waals surface area contributed by atoms with E-state index in [1.165, 1.54) is 56.1 Å². The molecule has 10 fully saturated rings. The van der Waals surface area contributed by atoms with Gasteiger partial charge in [-0.3, -0.25) is 14.4 Å². The van der Waals surface area contributed by atoms with E-state index < -0.39 is 40.1 Å². The first-order chi connectivity index (χ1) is 40.0. The molecule has 1 unspecified atom stereocenters. The zero-order valence-electron chi connectivity index (χ0n) is 58.1. The fourth-order valence-electron chi connectivity index (χ4n) is 24.4. The number of ketones is 1. The lowest BCUT2D eigenvalue weighted by atomic mass is 9.32. The van der Waals surface area contributed by atoms with Gasteiger partial charge in [0.1, 0.15) is 17.0 Å². The number of aliphatic carboxylic acids is 2. The van der Waals surface area contributed by atoms with Crippen molar-refractivity contribution in [1.82, 2.24) is 16.0 Å². The maximum atomic E-state index is 12.9. The zero-order valence-corrected chi connectivity index (χ0v) is 58.1. The van der Waals surface area contributed by atoms with Gasteiger partial charge < -0.3 is 41.4 Å². The van der Waals surface area contributed by atoms with Gasteiger partial charge in [-0.2, -0.15) is 0 Å². The second-order valence-electron chi connectivity index (χ2n) is 35.5. The summed E-state index contributed by atoms with van der Waals surface area (Å²) in [6.45, 7) is 51.2. The number of nitrogens with two attached hydrogens (primary N) is 1. The lowest BCUT2D eigenvalue weighted by Gasteiger charge is -2.73. The van der Waals surface area contributed by atoms with E-state index in [-0.39, 0.29) is 61.2 Å². The molecule has 0 heterocycles. The maximum absolute atomic E-state index is 12.9. The number of Topliss-reactive ketones (excluding diaryl/α,β-unsaturated/α-hetero) is 1. The fourth-order valence-corrected chi connectivity index (χ4v) is 24.4. The molecule has 0 aliphatic heterocycles. The quantitative estimate of drug-likeness (QED) is 0.0896. The van der Waals surface area contributed by atoms with Gasteiger partial charge in [0.05, 0.1) is 10.8 Å². The third-order valence-corrected chi connectivity index (χ3v) is 28.8. The van der Waals surface area contributed by atoms with Gasteiger partial charge in [0.15, 0.2) is 0 Å². The van der Waals surface area contributed by atoms with E-state index in [0.717, 1.165) is 90.0 Å². The largest absolute Gasteiger partial charge is 0.481 e. The van der Waals surface area contributed by atoms with Gasteiger partial charge >= 0.3 is 24.1 Å².